The van der Waals surface area contributed by atoms with E-state index in [1.54, 1.807) is 29.4 Å². The Hall–Kier alpha value is -2.27. The fourth-order valence-electron chi connectivity index (χ4n) is 2.95. The van der Waals surface area contributed by atoms with Gasteiger partial charge < -0.3 is 14.6 Å². The van der Waals surface area contributed by atoms with Gasteiger partial charge >= 0.3 is 0 Å². The highest BCUT2D eigenvalue weighted by atomic mass is 35.5. The molecule has 126 valence electrons. The van der Waals surface area contributed by atoms with E-state index in [9.17, 15) is 9.59 Å². The van der Waals surface area contributed by atoms with Crippen molar-refractivity contribution in [2.75, 3.05) is 6.54 Å². The highest BCUT2D eigenvalue weighted by Gasteiger charge is 2.33. The molecule has 1 aliphatic rings. The molecule has 5 nitrogen and oxygen atoms in total. The summed E-state index contributed by atoms with van der Waals surface area (Å²) in [7, 11) is 0. The Morgan fingerprint density at radius 2 is 2.08 bits per heavy atom. The van der Waals surface area contributed by atoms with Gasteiger partial charge in [0.15, 0.2) is 0 Å². The van der Waals surface area contributed by atoms with Crippen molar-refractivity contribution in [3.63, 3.8) is 0 Å². The maximum Gasteiger partial charge on any atom is 0.243 e. The lowest BCUT2D eigenvalue weighted by Gasteiger charge is -2.24. The monoisotopic (exact) mass is 346 g/mol. The van der Waals surface area contributed by atoms with Gasteiger partial charge in [0, 0.05) is 11.6 Å². The summed E-state index contributed by atoms with van der Waals surface area (Å²) in [6.07, 6.45) is 3.28. The average Bonchev–Trinajstić information content (AvgIpc) is 3.26. The van der Waals surface area contributed by atoms with Gasteiger partial charge in [-0.15, -0.1) is 0 Å². The van der Waals surface area contributed by atoms with Crippen LogP contribution >= 0.6 is 11.6 Å². The molecule has 6 heteroatoms. The predicted octanol–water partition coefficient (Wildman–Crippen LogP) is 2.78. The highest BCUT2D eigenvalue weighted by molar-refractivity contribution is 6.31. The number of furan rings is 1. The van der Waals surface area contributed by atoms with Crippen molar-refractivity contribution >= 4 is 23.4 Å². The molecule has 24 heavy (non-hydrogen) atoms. The summed E-state index contributed by atoms with van der Waals surface area (Å²) < 4.78 is 5.20. The lowest BCUT2D eigenvalue weighted by atomic mass is 10.1. The Kier molecular flexibility index (Phi) is 5.20. The second kappa shape index (κ2) is 7.53. The van der Waals surface area contributed by atoms with Crippen LogP contribution in [0.1, 0.15) is 24.2 Å². The first-order chi connectivity index (χ1) is 11.6. The van der Waals surface area contributed by atoms with E-state index >= 15 is 0 Å². The molecule has 2 amide bonds. The van der Waals surface area contributed by atoms with Gasteiger partial charge in [0.25, 0.3) is 0 Å². The van der Waals surface area contributed by atoms with Crippen LogP contribution in [-0.2, 0) is 22.6 Å². The van der Waals surface area contributed by atoms with E-state index in [1.165, 1.54) is 0 Å². The molecule has 0 aliphatic carbocycles. The molecule has 0 radical (unpaired) electrons. The van der Waals surface area contributed by atoms with Crippen molar-refractivity contribution in [3.8, 4) is 0 Å². The summed E-state index contributed by atoms with van der Waals surface area (Å²) in [5.74, 6) is 0.477. The molecule has 0 saturated carbocycles. The molecule has 1 aliphatic heterocycles. The van der Waals surface area contributed by atoms with Gasteiger partial charge in [0.05, 0.1) is 19.2 Å². The van der Waals surface area contributed by atoms with E-state index in [0.29, 0.717) is 30.3 Å². The van der Waals surface area contributed by atoms with Crippen LogP contribution in [0.4, 0.5) is 0 Å². The number of nitrogens with one attached hydrogen (secondary N) is 1. The lowest BCUT2D eigenvalue weighted by Crippen LogP contribution is -2.46. The molecular weight excluding hydrogens is 328 g/mol. The molecule has 0 spiro atoms. The molecule has 1 saturated heterocycles. The summed E-state index contributed by atoms with van der Waals surface area (Å²) in [4.78, 5) is 26.6. The molecule has 1 atom stereocenters. The summed E-state index contributed by atoms with van der Waals surface area (Å²) in [5, 5.41) is 3.41. The first kappa shape index (κ1) is 16.6. The van der Waals surface area contributed by atoms with Crippen molar-refractivity contribution in [2.45, 2.75) is 31.8 Å². The van der Waals surface area contributed by atoms with Crippen molar-refractivity contribution < 1.29 is 14.0 Å². The van der Waals surface area contributed by atoms with Gasteiger partial charge in [-0.2, -0.15) is 0 Å². The van der Waals surface area contributed by atoms with Gasteiger partial charge in [-0.3, -0.25) is 9.59 Å². The highest BCUT2D eigenvalue weighted by Crippen LogP contribution is 2.21. The molecule has 1 fully saturated rings. The van der Waals surface area contributed by atoms with Gasteiger partial charge in [-0.05, 0) is 36.6 Å². The minimum absolute atomic E-state index is 0.0706. The fraction of sp³-hybridized carbons (Fsp3) is 0.333. The van der Waals surface area contributed by atoms with Crippen molar-refractivity contribution in [1.82, 2.24) is 10.2 Å². The topological polar surface area (TPSA) is 62.6 Å². The van der Waals surface area contributed by atoms with Gasteiger partial charge in [-0.25, -0.2) is 0 Å². The quantitative estimate of drug-likeness (QED) is 0.905. The third kappa shape index (κ3) is 3.79. The zero-order valence-electron chi connectivity index (χ0n) is 13.2. The SMILES string of the molecule is O=C(NCc1ccco1)C1CCCN1C(=O)Cc1ccccc1Cl. The van der Waals surface area contributed by atoms with Crippen molar-refractivity contribution in [3.05, 3.63) is 59.0 Å². The third-order valence-electron chi connectivity index (χ3n) is 4.19. The number of carbonyl (C=O) groups is 2. The smallest absolute Gasteiger partial charge is 0.243 e. The number of amides is 2. The largest absolute Gasteiger partial charge is 0.467 e. The number of benzene rings is 1. The number of halogens is 1. The molecule has 2 heterocycles. The minimum atomic E-state index is -0.421. The molecule has 2 aromatic rings. The van der Waals surface area contributed by atoms with Crippen molar-refractivity contribution in [2.24, 2.45) is 0 Å². The van der Waals surface area contributed by atoms with Gasteiger partial charge in [-0.1, -0.05) is 29.8 Å². The first-order valence-corrected chi connectivity index (χ1v) is 8.36. The molecule has 1 unspecified atom stereocenters. The van der Waals surface area contributed by atoms with Crippen LogP contribution in [0.5, 0.6) is 0 Å². The molecule has 0 bridgehead atoms. The molecular formula is C18H19ClN2O3. The van der Waals surface area contributed by atoms with Crippen LogP contribution in [0.3, 0.4) is 0 Å². The lowest BCUT2D eigenvalue weighted by molar-refractivity contribution is -0.138. The van der Waals surface area contributed by atoms with Crippen molar-refractivity contribution in [1.29, 1.82) is 0 Å². The zero-order valence-corrected chi connectivity index (χ0v) is 14.0. The van der Waals surface area contributed by atoms with E-state index in [-0.39, 0.29) is 18.2 Å². The van der Waals surface area contributed by atoms with E-state index in [2.05, 4.69) is 5.32 Å². The predicted molar refractivity (Wildman–Crippen MR) is 90.4 cm³/mol. The Morgan fingerprint density at radius 1 is 1.25 bits per heavy atom. The van der Waals surface area contributed by atoms with Gasteiger partial charge in [0.1, 0.15) is 11.8 Å². The second-order valence-electron chi connectivity index (χ2n) is 5.81. The Labute approximate surface area is 145 Å². The molecule has 3 rings (SSSR count). The average molecular weight is 347 g/mol. The molecule has 1 aromatic heterocycles. The zero-order chi connectivity index (χ0) is 16.9. The number of likely N-dealkylation sites (tertiary alicyclic amines) is 1. The van der Waals surface area contributed by atoms with Gasteiger partial charge in [0.2, 0.25) is 11.8 Å². The second-order valence-corrected chi connectivity index (χ2v) is 6.22. The molecule has 1 N–H and O–H groups in total. The van der Waals surface area contributed by atoms with Crippen LogP contribution in [-0.4, -0.2) is 29.3 Å². The van der Waals surface area contributed by atoms with Crippen LogP contribution in [0.25, 0.3) is 0 Å². The summed E-state index contributed by atoms with van der Waals surface area (Å²) in [6, 6.07) is 10.4. The summed E-state index contributed by atoms with van der Waals surface area (Å²) >= 11 is 6.12. The van der Waals surface area contributed by atoms with Crippen LogP contribution in [0.15, 0.2) is 47.1 Å². The standard InChI is InChI=1S/C18H19ClN2O3/c19-15-7-2-1-5-13(15)11-17(22)21-9-3-8-16(21)18(23)20-12-14-6-4-10-24-14/h1-2,4-7,10,16H,3,8-9,11-12H2,(H,20,23). The Bertz CT molecular complexity index is 715. The van der Waals surface area contributed by atoms with E-state index in [4.69, 9.17) is 16.0 Å². The number of carbonyl (C=O) groups excluding carboxylic acids is 2. The number of nitrogens with zero attached hydrogens (tertiary/aromatic N) is 1. The number of hydrogen-bond acceptors (Lipinski definition) is 3. The fourth-order valence-corrected chi connectivity index (χ4v) is 3.15. The number of rotatable bonds is 5. The van der Waals surface area contributed by atoms with Crippen LogP contribution < -0.4 is 5.32 Å². The minimum Gasteiger partial charge on any atom is -0.467 e. The Balaban J connectivity index is 1.61. The normalized spacial score (nSPS) is 17.0. The Morgan fingerprint density at radius 3 is 2.83 bits per heavy atom. The van der Waals surface area contributed by atoms with Crippen LogP contribution in [0.2, 0.25) is 5.02 Å². The van der Waals surface area contributed by atoms with Crippen LogP contribution in [0, 0.1) is 0 Å². The number of hydrogen-bond donors (Lipinski definition) is 1. The third-order valence-corrected chi connectivity index (χ3v) is 4.56. The van der Waals surface area contributed by atoms with E-state index in [1.807, 2.05) is 18.2 Å². The first-order valence-electron chi connectivity index (χ1n) is 7.98. The maximum atomic E-state index is 12.6. The summed E-state index contributed by atoms with van der Waals surface area (Å²) in [5.41, 5.74) is 0.783. The summed E-state index contributed by atoms with van der Waals surface area (Å²) in [6.45, 7) is 0.928. The molecule has 1 aromatic carbocycles. The maximum absolute atomic E-state index is 12.6. The van der Waals surface area contributed by atoms with E-state index < -0.39 is 6.04 Å². The van der Waals surface area contributed by atoms with E-state index in [0.717, 1.165) is 12.0 Å².